The van der Waals surface area contributed by atoms with Gasteiger partial charge in [-0.05, 0) is 42.2 Å². The molecular weight excluding hydrogens is 369 g/mol. The maximum Gasteiger partial charge on any atom is 0.416 e. The zero-order chi connectivity index (χ0) is 18.2. The van der Waals surface area contributed by atoms with E-state index < -0.39 is 11.7 Å². The van der Waals surface area contributed by atoms with Crippen LogP contribution in [0.4, 0.5) is 24.5 Å². The summed E-state index contributed by atoms with van der Waals surface area (Å²) in [5.74, 6) is -0.261. The van der Waals surface area contributed by atoms with Crippen LogP contribution < -0.4 is 15.8 Å². The molecule has 8 heteroatoms. The molecule has 2 aromatic carbocycles. The number of anilines is 2. The van der Waals surface area contributed by atoms with Crippen LogP contribution in [0.15, 0.2) is 42.5 Å². The topological polar surface area (TPSA) is 64.3 Å². The Morgan fingerprint density at radius 1 is 1.23 bits per heavy atom. The van der Waals surface area contributed by atoms with Crippen molar-refractivity contribution >= 4 is 29.7 Å². The number of halogens is 4. The van der Waals surface area contributed by atoms with Crippen LogP contribution in [0.1, 0.15) is 23.5 Å². The van der Waals surface area contributed by atoms with Crippen molar-refractivity contribution in [3.05, 3.63) is 53.6 Å². The molecule has 0 aliphatic heterocycles. The van der Waals surface area contributed by atoms with Gasteiger partial charge in [0.1, 0.15) is 5.75 Å². The first-order valence-corrected chi connectivity index (χ1v) is 7.71. The lowest BCUT2D eigenvalue weighted by atomic mass is 10.1. The number of amides is 1. The van der Waals surface area contributed by atoms with Gasteiger partial charge in [0.25, 0.3) is 0 Å². The Morgan fingerprint density at radius 3 is 2.58 bits per heavy atom. The predicted octanol–water partition coefficient (Wildman–Crippen LogP) is 4.46. The van der Waals surface area contributed by atoms with Gasteiger partial charge in [-0.25, -0.2) is 0 Å². The first-order valence-electron chi connectivity index (χ1n) is 7.71. The van der Waals surface area contributed by atoms with E-state index in [-0.39, 0.29) is 30.2 Å². The van der Waals surface area contributed by atoms with Gasteiger partial charge >= 0.3 is 6.18 Å². The van der Waals surface area contributed by atoms with Gasteiger partial charge in [-0.3, -0.25) is 4.79 Å². The van der Waals surface area contributed by atoms with E-state index in [1.165, 1.54) is 13.2 Å². The van der Waals surface area contributed by atoms with Crippen molar-refractivity contribution in [2.24, 2.45) is 5.92 Å². The van der Waals surface area contributed by atoms with Gasteiger partial charge in [-0.2, -0.15) is 13.2 Å². The SMILES string of the molecule is COc1ccc(NC(=O)C2CC2c2cccc(C(F)(F)F)c2)cc1N.Cl. The number of hydrogen-bond donors (Lipinski definition) is 2. The quantitative estimate of drug-likeness (QED) is 0.762. The highest BCUT2D eigenvalue weighted by molar-refractivity contribution is 5.95. The second kappa shape index (κ2) is 7.45. The third kappa shape index (κ3) is 4.22. The highest BCUT2D eigenvalue weighted by Gasteiger charge is 2.44. The van der Waals surface area contributed by atoms with Crippen molar-refractivity contribution in [2.75, 3.05) is 18.2 Å². The van der Waals surface area contributed by atoms with E-state index in [1.54, 1.807) is 24.3 Å². The molecular formula is C18H18ClF3N2O2. The largest absolute Gasteiger partial charge is 0.495 e. The molecule has 4 nitrogen and oxygen atoms in total. The summed E-state index contributed by atoms with van der Waals surface area (Å²) in [6.45, 7) is 0. The van der Waals surface area contributed by atoms with E-state index >= 15 is 0 Å². The number of nitrogens with two attached hydrogens (primary N) is 1. The molecule has 1 aliphatic rings. The number of ether oxygens (including phenoxy) is 1. The minimum absolute atomic E-state index is 0. The van der Waals surface area contributed by atoms with Crippen LogP contribution in [-0.2, 0) is 11.0 Å². The fourth-order valence-electron chi connectivity index (χ4n) is 2.85. The molecule has 0 radical (unpaired) electrons. The standard InChI is InChI=1S/C18H17F3N2O2.ClH/c1-25-16-6-5-12(8-15(16)22)23-17(24)14-9-13(14)10-3-2-4-11(7-10)18(19,20)21;/h2-8,13-14H,9,22H2,1H3,(H,23,24);1H. The van der Waals surface area contributed by atoms with Crippen molar-refractivity contribution in [2.45, 2.75) is 18.5 Å². The Labute approximate surface area is 154 Å². The smallest absolute Gasteiger partial charge is 0.416 e. The Bertz CT molecular complexity index is 811. The number of nitrogens with one attached hydrogen (secondary N) is 1. The summed E-state index contributed by atoms with van der Waals surface area (Å²) in [7, 11) is 1.49. The number of nitrogen functional groups attached to an aromatic ring is 1. The van der Waals surface area contributed by atoms with Gasteiger partial charge in [0, 0.05) is 11.6 Å². The molecule has 1 amide bonds. The summed E-state index contributed by atoms with van der Waals surface area (Å²) >= 11 is 0. The van der Waals surface area contributed by atoms with Gasteiger partial charge in [0.05, 0.1) is 18.4 Å². The van der Waals surface area contributed by atoms with Crippen molar-refractivity contribution in [3.63, 3.8) is 0 Å². The third-order valence-corrected chi connectivity index (χ3v) is 4.27. The molecule has 3 rings (SSSR count). The Hall–Kier alpha value is -2.41. The Morgan fingerprint density at radius 2 is 1.96 bits per heavy atom. The molecule has 2 aromatic rings. The molecule has 0 saturated heterocycles. The minimum atomic E-state index is -4.39. The number of benzene rings is 2. The van der Waals surface area contributed by atoms with E-state index in [2.05, 4.69) is 5.32 Å². The molecule has 0 aromatic heterocycles. The van der Waals surface area contributed by atoms with Gasteiger partial charge in [-0.1, -0.05) is 18.2 Å². The minimum Gasteiger partial charge on any atom is -0.495 e. The lowest BCUT2D eigenvalue weighted by molar-refractivity contribution is -0.137. The van der Waals surface area contributed by atoms with Crippen LogP contribution in [0.2, 0.25) is 0 Å². The van der Waals surface area contributed by atoms with Crippen LogP contribution >= 0.6 is 12.4 Å². The highest BCUT2D eigenvalue weighted by Crippen LogP contribution is 2.49. The molecule has 0 spiro atoms. The van der Waals surface area contributed by atoms with E-state index in [1.807, 2.05) is 0 Å². The van der Waals surface area contributed by atoms with E-state index in [0.717, 1.165) is 12.1 Å². The molecule has 1 aliphatic carbocycles. The summed E-state index contributed by atoms with van der Waals surface area (Å²) in [5.41, 5.74) is 6.55. The summed E-state index contributed by atoms with van der Waals surface area (Å²) < 4.78 is 43.4. The maximum atomic E-state index is 12.8. The highest BCUT2D eigenvalue weighted by atomic mass is 35.5. The monoisotopic (exact) mass is 386 g/mol. The predicted molar refractivity (Wildman–Crippen MR) is 95.6 cm³/mol. The van der Waals surface area contributed by atoms with Gasteiger partial charge in [0.2, 0.25) is 5.91 Å². The summed E-state index contributed by atoms with van der Waals surface area (Å²) in [6, 6.07) is 10.0. The van der Waals surface area contributed by atoms with Crippen molar-refractivity contribution in [1.29, 1.82) is 0 Å². The fourth-order valence-corrected chi connectivity index (χ4v) is 2.85. The second-order valence-corrected chi connectivity index (χ2v) is 6.02. The Kier molecular flexibility index (Phi) is 5.71. The maximum absolute atomic E-state index is 12.8. The third-order valence-electron chi connectivity index (χ3n) is 4.27. The molecule has 2 atom stereocenters. The summed E-state index contributed by atoms with van der Waals surface area (Å²) in [4.78, 5) is 12.3. The number of carbonyl (C=O) groups excluding carboxylic acids is 1. The van der Waals surface area contributed by atoms with Gasteiger partial charge in [-0.15, -0.1) is 12.4 Å². The van der Waals surface area contributed by atoms with Gasteiger partial charge in [0.15, 0.2) is 0 Å². The fraction of sp³-hybridized carbons (Fsp3) is 0.278. The molecule has 0 heterocycles. The lowest BCUT2D eigenvalue weighted by Gasteiger charge is -2.10. The zero-order valence-corrected chi connectivity index (χ0v) is 14.7. The van der Waals surface area contributed by atoms with Crippen LogP contribution in [0.3, 0.4) is 0 Å². The van der Waals surface area contributed by atoms with Crippen LogP contribution in [0, 0.1) is 5.92 Å². The first-order chi connectivity index (χ1) is 11.8. The van der Waals surface area contributed by atoms with E-state index in [9.17, 15) is 18.0 Å². The molecule has 140 valence electrons. The van der Waals surface area contributed by atoms with Crippen LogP contribution in [-0.4, -0.2) is 13.0 Å². The van der Waals surface area contributed by atoms with Crippen LogP contribution in [0.25, 0.3) is 0 Å². The van der Waals surface area contributed by atoms with Crippen molar-refractivity contribution < 1.29 is 22.7 Å². The van der Waals surface area contributed by atoms with E-state index in [0.29, 0.717) is 29.1 Å². The number of methoxy groups -OCH3 is 1. The second-order valence-electron chi connectivity index (χ2n) is 6.02. The first kappa shape index (κ1) is 19.9. The van der Waals surface area contributed by atoms with E-state index in [4.69, 9.17) is 10.5 Å². The number of carbonyl (C=O) groups is 1. The molecule has 3 N–H and O–H groups in total. The average molecular weight is 387 g/mol. The lowest BCUT2D eigenvalue weighted by Crippen LogP contribution is -2.15. The molecule has 1 fully saturated rings. The Balaban J connectivity index is 0.00000243. The van der Waals surface area contributed by atoms with Gasteiger partial charge < -0.3 is 15.8 Å². The molecule has 2 unspecified atom stereocenters. The number of rotatable bonds is 4. The number of alkyl halides is 3. The summed E-state index contributed by atoms with van der Waals surface area (Å²) in [5, 5.41) is 2.74. The van der Waals surface area contributed by atoms with Crippen LogP contribution in [0.5, 0.6) is 5.75 Å². The summed E-state index contributed by atoms with van der Waals surface area (Å²) in [6.07, 6.45) is -3.86. The zero-order valence-electron chi connectivity index (χ0n) is 13.8. The average Bonchev–Trinajstić information content (AvgIpc) is 3.35. The van der Waals surface area contributed by atoms with Crippen molar-refractivity contribution in [1.82, 2.24) is 0 Å². The normalized spacial score (nSPS) is 18.6. The van der Waals surface area contributed by atoms with Crippen molar-refractivity contribution in [3.8, 4) is 5.75 Å². The molecule has 0 bridgehead atoms. The molecule has 1 saturated carbocycles. The molecule has 26 heavy (non-hydrogen) atoms. The number of hydrogen-bond acceptors (Lipinski definition) is 3.